The Kier molecular flexibility index (Phi) is 2.98. The first kappa shape index (κ1) is 13.0. The molecule has 0 saturated heterocycles. The summed E-state index contributed by atoms with van der Waals surface area (Å²) in [4.78, 5) is 27.2. The maximum absolute atomic E-state index is 11.8. The van der Waals surface area contributed by atoms with Gasteiger partial charge in [-0.05, 0) is 31.2 Å². The molecule has 6 nitrogen and oxygen atoms in total. The third-order valence-electron chi connectivity index (χ3n) is 3.17. The van der Waals surface area contributed by atoms with E-state index in [0.717, 1.165) is 10.9 Å². The monoisotopic (exact) mass is 281 g/mol. The number of carboxylic acid groups (broad SMARTS) is 1. The summed E-state index contributed by atoms with van der Waals surface area (Å²) in [6.45, 7) is 1.57. The second-order valence-corrected chi connectivity index (χ2v) is 4.59. The Balaban J connectivity index is 2.34. The van der Waals surface area contributed by atoms with Gasteiger partial charge in [0.2, 0.25) is 11.1 Å². The highest BCUT2D eigenvalue weighted by Crippen LogP contribution is 2.19. The SMILES string of the molecule is Cc1cn(-c2cccc3ncccc23)nc(C(=O)O)c1=O. The van der Waals surface area contributed by atoms with Gasteiger partial charge >= 0.3 is 5.97 Å². The van der Waals surface area contributed by atoms with Crippen LogP contribution in [0, 0.1) is 6.92 Å². The Morgan fingerprint density at radius 3 is 2.81 bits per heavy atom. The Morgan fingerprint density at radius 1 is 1.24 bits per heavy atom. The average Bonchev–Trinajstić information content (AvgIpc) is 2.49. The third-order valence-corrected chi connectivity index (χ3v) is 3.17. The van der Waals surface area contributed by atoms with Crippen LogP contribution in [-0.4, -0.2) is 25.8 Å². The number of carbonyl (C=O) groups is 1. The highest BCUT2D eigenvalue weighted by atomic mass is 16.4. The zero-order valence-corrected chi connectivity index (χ0v) is 11.1. The van der Waals surface area contributed by atoms with E-state index in [1.807, 2.05) is 12.1 Å². The van der Waals surface area contributed by atoms with Crippen LogP contribution in [0.1, 0.15) is 16.1 Å². The highest BCUT2D eigenvalue weighted by Gasteiger charge is 2.15. The van der Waals surface area contributed by atoms with Crippen molar-refractivity contribution in [2.75, 3.05) is 0 Å². The minimum Gasteiger partial charge on any atom is -0.476 e. The molecule has 1 N–H and O–H groups in total. The molecule has 6 heteroatoms. The molecule has 0 aliphatic heterocycles. The first-order chi connectivity index (χ1) is 10.1. The van der Waals surface area contributed by atoms with Gasteiger partial charge in [-0.25, -0.2) is 9.48 Å². The fourth-order valence-electron chi connectivity index (χ4n) is 2.16. The first-order valence-electron chi connectivity index (χ1n) is 6.26. The van der Waals surface area contributed by atoms with E-state index in [0.29, 0.717) is 11.3 Å². The van der Waals surface area contributed by atoms with Gasteiger partial charge in [-0.1, -0.05) is 6.07 Å². The topological polar surface area (TPSA) is 85.1 Å². The van der Waals surface area contributed by atoms with Crippen molar-refractivity contribution in [1.82, 2.24) is 14.8 Å². The first-order valence-corrected chi connectivity index (χ1v) is 6.26. The highest BCUT2D eigenvalue weighted by molar-refractivity contribution is 5.87. The summed E-state index contributed by atoms with van der Waals surface area (Å²) < 4.78 is 1.41. The fourth-order valence-corrected chi connectivity index (χ4v) is 2.16. The minimum absolute atomic E-state index is 0.322. The number of aromatic carboxylic acids is 1. The number of rotatable bonds is 2. The molecule has 0 aliphatic rings. The van der Waals surface area contributed by atoms with Crippen LogP contribution in [0.4, 0.5) is 0 Å². The van der Waals surface area contributed by atoms with Crippen LogP contribution in [0.25, 0.3) is 16.6 Å². The van der Waals surface area contributed by atoms with E-state index in [4.69, 9.17) is 5.11 Å². The number of carboxylic acids is 1. The summed E-state index contributed by atoms with van der Waals surface area (Å²) in [5.74, 6) is -1.34. The van der Waals surface area contributed by atoms with E-state index >= 15 is 0 Å². The van der Waals surface area contributed by atoms with Gasteiger partial charge in [-0.2, -0.15) is 5.10 Å². The Bertz CT molecular complexity index is 910. The maximum Gasteiger partial charge on any atom is 0.360 e. The van der Waals surface area contributed by atoms with Gasteiger partial charge in [0.1, 0.15) is 0 Å². The molecule has 0 spiro atoms. The van der Waals surface area contributed by atoms with E-state index in [1.165, 1.54) is 10.9 Å². The molecule has 0 aliphatic carbocycles. The van der Waals surface area contributed by atoms with Crippen molar-refractivity contribution in [3.05, 3.63) is 64.2 Å². The standard InChI is InChI=1S/C15H11N3O3/c1-9-8-18(17-13(14(9)19)15(20)21)12-6-2-5-11-10(12)4-3-7-16-11/h2-8H,1H3,(H,20,21). The number of hydrogen-bond acceptors (Lipinski definition) is 4. The van der Waals surface area contributed by atoms with E-state index in [2.05, 4.69) is 10.1 Å². The van der Waals surface area contributed by atoms with E-state index in [1.54, 1.807) is 31.3 Å². The van der Waals surface area contributed by atoms with E-state index in [9.17, 15) is 9.59 Å². The molecule has 0 unspecified atom stereocenters. The average molecular weight is 281 g/mol. The lowest BCUT2D eigenvalue weighted by Gasteiger charge is -2.10. The molecule has 104 valence electrons. The number of hydrogen-bond donors (Lipinski definition) is 1. The molecule has 3 aromatic rings. The number of fused-ring (bicyclic) bond motifs is 1. The number of benzene rings is 1. The van der Waals surface area contributed by atoms with Crippen LogP contribution >= 0.6 is 0 Å². The summed E-state index contributed by atoms with van der Waals surface area (Å²) in [5.41, 5.74) is 0.701. The van der Waals surface area contributed by atoms with Gasteiger partial charge in [-0.15, -0.1) is 0 Å². The van der Waals surface area contributed by atoms with Gasteiger partial charge in [0.25, 0.3) is 0 Å². The Hall–Kier alpha value is -3.02. The lowest BCUT2D eigenvalue weighted by molar-refractivity contribution is 0.0686. The van der Waals surface area contributed by atoms with Gasteiger partial charge < -0.3 is 5.11 Å². The van der Waals surface area contributed by atoms with Crippen LogP contribution in [0.3, 0.4) is 0 Å². The predicted molar refractivity (Wildman–Crippen MR) is 76.8 cm³/mol. The van der Waals surface area contributed by atoms with Crippen molar-refractivity contribution in [2.24, 2.45) is 0 Å². The quantitative estimate of drug-likeness (QED) is 0.774. The van der Waals surface area contributed by atoms with Crippen LogP contribution in [0.2, 0.25) is 0 Å². The smallest absolute Gasteiger partial charge is 0.360 e. The molecule has 3 rings (SSSR count). The summed E-state index contributed by atoms with van der Waals surface area (Å²) in [6, 6.07) is 9.12. The van der Waals surface area contributed by atoms with Crippen molar-refractivity contribution < 1.29 is 9.90 Å². The van der Waals surface area contributed by atoms with Gasteiger partial charge in [-0.3, -0.25) is 9.78 Å². The molecule has 1 aromatic carbocycles. The van der Waals surface area contributed by atoms with Crippen molar-refractivity contribution in [3.8, 4) is 5.69 Å². The van der Waals surface area contributed by atoms with Crippen molar-refractivity contribution in [1.29, 1.82) is 0 Å². The third kappa shape index (κ3) is 2.16. The summed E-state index contributed by atoms with van der Waals surface area (Å²) >= 11 is 0. The van der Waals surface area contributed by atoms with Crippen molar-refractivity contribution in [2.45, 2.75) is 6.92 Å². The summed E-state index contributed by atoms with van der Waals surface area (Å²) in [7, 11) is 0. The molecule has 0 fully saturated rings. The predicted octanol–water partition coefficient (Wildman–Crippen LogP) is 1.79. The molecule has 21 heavy (non-hydrogen) atoms. The second-order valence-electron chi connectivity index (χ2n) is 4.59. The van der Waals surface area contributed by atoms with Crippen LogP contribution < -0.4 is 5.43 Å². The molecule has 0 atom stereocenters. The molecule has 0 radical (unpaired) electrons. The second kappa shape index (κ2) is 4.82. The van der Waals surface area contributed by atoms with Crippen LogP contribution in [0.5, 0.6) is 0 Å². The molecule has 0 saturated carbocycles. The minimum atomic E-state index is -1.34. The van der Waals surface area contributed by atoms with Crippen molar-refractivity contribution in [3.63, 3.8) is 0 Å². The normalized spacial score (nSPS) is 10.7. The number of pyridine rings is 1. The molecular formula is C15H11N3O3. The number of aromatic nitrogens is 3. The molecular weight excluding hydrogens is 270 g/mol. The number of nitrogens with zero attached hydrogens (tertiary/aromatic N) is 3. The Labute approximate surface area is 119 Å². The lowest BCUT2D eigenvalue weighted by atomic mass is 10.2. The van der Waals surface area contributed by atoms with Crippen LogP contribution in [0.15, 0.2) is 47.5 Å². The Morgan fingerprint density at radius 2 is 2.05 bits per heavy atom. The van der Waals surface area contributed by atoms with Gasteiger partial charge in [0, 0.05) is 23.3 Å². The largest absolute Gasteiger partial charge is 0.476 e. The van der Waals surface area contributed by atoms with Gasteiger partial charge in [0.05, 0.1) is 11.2 Å². The molecule has 2 heterocycles. The summed E-state index contributed by atoms with van der Waals surface area (Å²) in [6.07, 6.45) is 3.20. The maximum atomic E-state index is 11.8. The summed E-state index contributed by atoms with van der Waals surface area (Å²) in [5, 5.41) is 13.8. The zero-order chi connectivity index (χ0) is 15.0. The zero-order valence-electron chi connectivity index (χ0n) is 11.1. The van der Waals surface area contributed by atoms with Crippen molar-refractivity contribution >= 4 is 16.9 Å². The van der Waals surface area contributed by atoms with Crippen LogP contribution in [-0.2, 0) is 0 Å². The fraction of sp³-hybridized carbons (Fsp3) is 0.0667. The lowest BCUT2D eigenvalue weighted by Crippen LogP contribution is -2.23. The molecule has 0 amide bonds. The molecule has 2 aromatic heterocycles. The molecule has 0 bridgehead atoms. The number of aryl methyl sites for hydroxylation is 1. The van der Waals surface area contributed by atoms with Gasteiger partial charge in [0.15, 0.2) is 0 Å². The van der Waals surface area contributed by atoms with E-state index in [-0.39, 0.29) is 0 Å². The van der Waals surface area contributed by atoms with E-state index < -0.39 is 17.1 Å².